The van der Waals surface area contributed by atoms with E-state index in [4.69, 9.17) is 0 Å². The van der Waals surface area contributed by atoms with Gasteiger partial charge < -0.3 is 0 Å². The Morgan fingerprint density at radius 1 is 1.20 bits per heavy atom. The van der Waals surface area contributed by atoms with Gasteiger partial charge in [0.2, 0.25) is 5.91 Å². The fraction of sp³-hybridized carbons (Fsp3) is 0.176. The van der Waals surface area contributed by atoms with Crippen molar-refractivity contribution in [3.05, 3.63) is 69.7 Å². The second kappa shape index (κ2) is 9.05. The van der Waals surface area contributed by atoms with Crippen molar-refractivity contribution in [3.8, 4) is 0 Å². The third kappa shape index (κ3) is 6.55. The van der Waals surface area contributed by atoms with Gasteiger partial charge in [0.05, 0.1) is 17.5 Å². The van der Waals surface area contributed by atoms with Crippen LogP contribution in [0.25, 0.3) is 0 Å². The van der Waals surface area contributed by atoms with Crippen LogP contribution < -0.4 is 5.43 Å². The Morgan fingerprint density at radius 2 is 1.96 bits per heavy atom. The predicted molar refractivity (Wildman–Crippen MR) is 97.5 cm³/mol. The maximum Gasteiger partial charge on any atom is 0.417 e. The van der Waals surface area contributed by atoms with E-state index >= 15 is 0 Å². The molecule has 0 aromatic heterocycles. The van der Waals surface area contributed by atoms with Gasteiger partial charge >= 0.3 is 6.18 Å². The van der Waals surface area contributed by atoms with E-state index in [-0.39, 0.29) is 17.2 Å². The number of halogens is 4. The topological polar surface area (TPSA) is 41.5 Å². The molecule has 2 aromatic carbocycles. The largest absolute Gasteiger partial charge is 0.417 e. The molecule has 1 amide bonds. The van der Waals surface area contributed by atoms with Crippen molar-refractivity contribution in [1.82, 2.24) is 5.43 Å². The Hall–Kier alpha value is -1.80. The molecule has 3 nitrogen and oxygen atoms in total. The molecule has 0 unspecified atom stereocenters. The SMILES string of the molecule is O=C(CSCc1cccc(Br)c1)N/N=C\c1ccccc1C(F)(F)F. The second-order valence-corrected chi connectivity index (χ2v) is 6.90. The molecule has 0 radical (unpaired) electrons. The van der Waals surface area contributed by atoms with E-state index in [2.05, 4.69) is 26.5 Å². The summed E-state index contributed by atoms with van der Waals surface area (Å²) in [5, 5.41) is 3.61. The number of hydrazone groups is 1. The van der Waals surface area contributed by atoms with E-state index < -0.39 is 11.7 Å². The number of benzene rings is 2. The first-order valence-electron chi connectivity index (χ1n) is 7.16. The van der Waals surface area contributed by atoms with Crippen LogP contribution in [0.1, 0.15) is 16.7 Å². The van der Waals surface area contributed by atoms with Gasteiger partial charge in [-0.2, -0.15) is 18.3 Å². The van der Waals surface area contributed by atoms with Gasteiger partial charge in [0, 0.05) is 15.8 Å². The van der Waals surface area contributed by atoms with E-state index in [1.165, 1.54) is 30.0 Å². The van der Waals surface area contributed by atoms with E-state index in [0.717, 1.165) is 22.3 Å². The van der Waals surface area contributed by atoms with E-state index in [9.17, 15) is 18.0 Å². The van der Waals surface area contributed by atoms with Crippen molar-refractivity contribution in [2.45, 2.75) is 11.9 Å². The molecule has 0 atom stereocenters. The Labute approximate surface area is 155 Å². The van der Waals surface area contributed by atoms with Gasteiger partial charge in [0.1, 0.15) is 0 Å². The minimum absolute atomic E-state index is 0.0999. The summed E-state index contributed by atoms with van der Waals surface area (Å²) in [6.07, 6.45) is -3.47. The number of alkyl halides is 3. The fourth-order valence-corrected chi connectivity index (χ4v) is 3.18. The minimum atomic E-state index is -4.47. The molecule has 8 heteroatoms. The monoisotopic (exact) mass is 430 g/mol. The number of carbonyl (C=O) groups is 1. The van der Waals surface area contributed by atoms with Crippen molar-refractivity contribution in [1.29, 1.82) is 0 Å². The third-order valence-electron chi connectivity index (χ3n) is 3.05. The Bertz CT molecular complexity index is 766. The summed E-state index contributed by atoms with van der Waals surface area (Å²) in [6, 6.07) is 12.8. The Balaban J connectivity index is 1.83. The average molecular weight is 431 g/mol. The fourth-order valence-electron chi connectivity index (χ4n) is 1.96. The van der Waals surface area contributed by atoms with Crippen LogP contribution in [0.5, 0.6) is 0 Å². The minimum Gasteiger partial charge on any atom is -0.272 e. The number of nitrogens with one attached hydrogen (secondary N) is 1. The zero-order valence-corrected chi connectivity index (χ0v) is 15.3. The number of thioether (sulfide) groups is 1. The molecule has 1 N–H and O–H groups in total. The molecule has 0 fully saturated rings. The number of hydrogen-bond donors (Lipinski definition) is 1. The van der Waals surface area contributed by atoms with Gasteiger partial charge in [-0.1, -0.05) is 46.3 Å². The molecule has 25 heavy (non-hydrogen) atoms. The van der Waals surface area contributed by atoms with Crippen LogP contribution >= 0.6 is 27.7 Å². The molecule has 0 aliphatic carbocycles. The number of rotatable bonds is 6. The van der Waals surface area contributed by atoms with Crippen molar-refractivity contribution in [3.63, 3.8) is 0 Å². The zero-order valence-electron chi connectivity index (χ0n) is 12.9. The first-order valence-corrected chi connectivity index (χ1v) is 9.11. The number of carbonyl (C=O) groups excluding carboxylic acids is 1. The van der Waals surface area contributed by atoms with Crippen molar-refractivity contribution in [2.75, 3.05) is 5.75 Å². The smallest absolute Gasteiger partial charge is 0.272 e. The molecular weight excluding hydrogens is 417 g/mol. The molecule has 0 bridgehead atoms. The second-order valence-electron chi connectivity index (χ2n) is 5.00. The predicted octanol–water partition coefficient (Wildman–Crippen LogP) is 4.85. The highest BCUT2D eigenvalue weighted by molar-refractivity contribution is 9.10. The summed E-state index contributed by atoms with van der Waals surface area (Å²) in [7, 11) is 0. The number of hydrogen-bond acceptors (Lipinski definition) is 3. The highest BCUT2D eigenvalue weighted by Gasteiger charge is 2.32. The molecule has 0 spiro atoms. The molecule has 132 valence electrons. The van der Waals surface area contributed by atoms with Crippen LogP contribution in [0.15, 0.2) is 58.1 Å². The standard InChI is InChI=1S/C17H14BrF3N2OS/c18-14-6-3-4-12(8-14)10-25-11-16(24)23-22-9-13-5-1-2-7-15(13)17(19,20)21/h1-9H,10-11H2,(H,23,24)/b22-9-. The van der Waals surface area contributed by atoms with Crippen LogP contribution in [-0.4, -0.2) is 17.9 Å². The van der Waals surface area contributed by atoms with Crippen molar-refractivity contribution >= 4 is 39.8 Å². The zero-order chi connectivity index (χ0) is 18.3. The van der Waals surface area contributed by atoms with Crippen LogP contribution in [0.2, 0.25) is 0 Å². The van der Waals surface area contributed by atoms with Crippen LogP contribution in [0, 0.1) is 0 Å². The van der Waals surface area contributed by atoms with Gasteiger partial charge in [-0.3, -0.25) is 4.79 Å². The maximum atomic E-state index is 12.8. The van der Waals surface area contributed by atoms with Crippen molar-refractivity contribution in [2.24, 2.45) is 5.10 Å². The van der Waals surface area contributed by atoms with Gasteiger partial charge in [-0.25, -0.2) is 5.43 Å². The molecule has 2 rings (SSSR count). The lowest BCUT2D eigenvalue weighted by molar-refractivity contribution is -0.137. The quantitative estimate of drug-likeness (QED) is 0.525. The van der Waals surface area contributed by atoms with Crippen molar-refractivity contribution < 1.29 is 18.0 Å². The third-order valence-corrected chi connectivity index (χ3v) is 4.55. The first kappa shape index (κ1) is 19.5. The maximum absolute atomic E-state index is 12.8. The Kier molecular flexibility index (Phi) is 7.07. The van der Waals surface area contributed by atoms with E-state index in [1.807, 2.05) is 24.3 Å². The highest BCUT2D eigenvalue weighted by Crippen LogP contribution is 2.31. The number of amides is 1. The van der Waals surface area contributed by atoms with Crippen LogP contribution in [0.3, 0.4) is 0 Å². The van der Waals surface area contributed by atoms with Gasteiger partial charge in [0.15, 0.2) is 0 Å². The average Bonchev–Trinajstić information content (AvgIpc) is 2.54. The lowest BCUT2D eigenvalue weighted by Gasteiger charge is -2.09. The lowest BCUT2D eigenvalue weighted by Crippen LogP contribution is -2.20. The van der Waals surface area contributed by atoms with E-state index in [0.29, 0.717) is 5.75 Å². The molecule has 2 aromatic rings. The summed E-state index contributed by atoms with van der Waals surface area (Å²) >= 11 is 4.76. The summed E-state index contributed by atoms with van der Waals surface area (Å²) in [5.74, 6) is 0.430. The van der Waals surface area contributed by atoms with Gasteiger partial charge in [0.25, 0.3) is 0 Å². The summed E-state index contributed by atoms with van der Waals surface area (Å²) in [5.41, 5.74) is 2.41. The number of nitrogens with zero attached hydrogens (tertiary/aromatic N) is 1. The van der Waals surface area contributed by atoms with Gasteiger partial charge in [-0.05, 0) is 23.8 Å². The van der Waals surface area contributed by atoms with Gasteiger partial charge in [-0.15, -0.1) is 11.8 Å². The summed E-state index contributed by atoms with van der Waals surface area (Å²) in [6.45, 7) is 0. The molecule has 0 heterocycles. The molecule has 0 saturated carbocycles. The lowest BCUT2D eigenvalue weighted by atomic mass is 10.1. The van der Waals surface area contributed by atoms with Crippen LogP contribution in [0.4, 0.5) is 13.2 Å². The molecular formula is C17H14BrF3N2OS. The highest BCUT2D eigenvalue weighted by atomic mass is 79.9. The van der Waals surface area contributed by atoms with Crippen LogP contribution in [-0.2, 0) is 16.7 Å². The molecule has 0 aliphatic rings. The van der Waals surface area contributed by atoms with E-state index in [1.54, 1.807) is 0 Å². The summed E-state index contributed by atoms with van der Waals surface area (Å²) < 4.78 is 39.5. The molecule has 0 saturated heterocycles. The molecule has 0 aliphatic heterocycles. The normalized spacial score (nSPS) is 11.7. The summed E-state index contributed by atoms with van der Waals surface area (Å²) in [4.78, 5) is 11.7. The Morgan fingerprint density at radius 3 is 2.68 bits per heavy atom. The first-order chi connectivity index (χ1) is 11.9.